The molecular weight excluding hydrogens is 424 g/mol. The van der Waals surface area contributed by atoms with Gasteiger partial charge in [-0.2, -0.15) is 16.1 Å². The smallest absolute Gasteiger partial charge is 0.252 e. The molecule has 0 aliphatic heterocycles. The summed E-state index contributed by atoms with van der Waals surface area (Å²) in [6.45, 7) is 4.05. The van der Waals surface area contributed by atoms with Crippen molar-refractivity contribution < 1.29 is 13.2 Å². The third-order valence-corrected chi connectivity index (χ3v) is 8.37. The van der Waals surface area contributed by atoms with E-state index in [4.69, 9.17) is 11.6 Å². The molecule has 0 aliphatic carbocycles. The van der Waals surface area contributed by atoms with Gasteiger partial charge in [-0.25, -0.2) is 8.42 Å². The van der Waals surface area contributed by atoms with E-state index in [9.17, 15) is 13.2 Å². The van der Waals surface area contributed by atoms with Crippen LogP contribution in [0.1, 0.15) is 29.1 Å². The molecule has 5 nitrogen and oxygen atoms in total. The summed E-state index contributed by atoms with van der Waals surface area (Å²) in [5, 5.41) is 5.07. The number of hydrogen-bond donors (Lipinski definition) is 1. The molecule has 1 heterocycles. The van der Waals surface area contributed by atoms with Gasteiger partial charge in [0.2, 0.25) is 10.0 Å². The van der Waals surface area contributed by atoms with Crippen LogP contribution < -0.4 is 5.32 Å². The maximum Gasteiger partial charge on any atom is 0.252 e. The number of benzene rings is 1. The van der Waals surface area contributed by atoms with E-state index in [0.29, 0.717) is 6.54 Å². The van der Waals surface area contributed by atoms with Gasteiger partial charge in [0, 0.05) is 36.0 Å². The fraction of sp³-hybridized carbons (Fsp3) is 0.389. The Bertz CT molecular complexity index is 868. The zero-order valence-corrected chi connectivity index (χ0v) is 18.6. The van der Waals surface area contributed by atoms with Crippen molar-refractivity contribution in [1.29, 1.82) is 0 Å². The summed E-state index contributed by atoms with van der Waals surface area (Å²) < 4.78 is 26.5. The van der Waals surface area contributed by atoms with Crippen molar-refractivity contribution in [2.75, 3.05) is 19.3 Å². The highest BCUT2D eigenvalue weighted by Crippen LogP contribution is 2.23. The lowest BCUT2D eigenvalue weighted by molar-refractivity contribution is 0.0956. The normalized spacial score (nSPS) is 11.9. The Morgan fingerprint density at radius 3 is 2.70 bits per heavy atom. The third kappa shape index (κ3) is 5.96. The summed E-state index contributed by atoms with van der Waals surface area (Å²) in [5.41, 5.74) is 0.165. The van der Waals surface area contributed by atoms with Gasteiger partial charge in [0.05, 0.1) is 15.5 Å². The van der Waals surface area contributed by atoms with Crippen LogP contribution in [0.25, 0.3) is 0 Å². The summed E-state index contributed by atoms with van der Waals surface area (Å²) in [5.74, 6) is 1.29. The predicted molar refractivity (Wildman–Crippen MR) is 114 cm³/mol. The minimum absolute atomic E-state index is 0.0559. The molecule has 1 aromatic heterocycles. The van der Waals surface area contributed by atoms with Crippen molar-refractivity contribution in [2.24, 2.45) is 0 Å². The number of thioether (sulfide) groups is 1. The summed E-state index contributed by atoms with van der Waals surface area (Å²) in [6.07, 6.45) is 0. The summed E-state index contributed by atoms with van der Waals surface area (Å²) >= 11 is 9.55. The first-order chi connectivity index (χ1) is 12.7. The standard InChI is InChI=1S/C18H23ClN2O3S3/c1-13(2)21(3)27(23,24)15-6-7-17(19)16(11-15)18(22)20-8-10-25-12-14-5-4-9-26-14/h4-7,9,11,13H,8,10,12H2,1-3H3,(H,20,22). The molecule has 1 N–H and O–H groups in total. The number of halogens is 1. The zero-order valence-electron chi connectivity index (χ0n) is 15.4. The van der Waals surface area contributed by atoms with Crippen LogP contribution in [-0.4, -0.2) is 44.0 Å². The van der Waals surface area contributed by atoms with Crippen molar-refractivity contribution in [3.8, 4) is 0 Å². The highest BCUT2D eigenvalue weighted by atomic mass is 35.5. The average Bonchev–Trinajstić information content (AvgIpc) is 3.14. The molecule has 9 heteroatoms. The number of sulfonamides is 1. The lowest BCUT2D eigenvalue weighted by atomic mass is 10.2. The van der Waals surface area contributed by atoms with Gasteiger partial charge in [-0.3, -0.25) is 4.79 Å². The van der Waals surface area contributed by atoms with E-state index in [1.165, 1.54) is 34.4 Å². The number of nitrogens with zero attached hydrogens (tertiary/aromatic N) is 1. The SMILES string of the molecule is CC(C)N(C)S(=O)(=O)c1ccc(Cl)c(C(=O)NCCSCc2cccs2)c1. The quantitative estimate of drug-likeness (QED) is 0.589. The Morgan fingerprint density at radius 2 is 2.07 bits per heavy atom. The Kier molecular flexibility index (Phi) is 8.18. The first kappa shape index (κ1) is 22.2. The lowest BCUT2D eigenvalue weighted by Crippen LogP contribution is -2.33. The van der Waals surface area contributed by atoms with E-state index in [0.717, 1.165) is 11.5 Å². The molecule has 0 spiro atoms. The first-order valence-electron chi connectivity index (χ1n) is 8.39. The number of thiophene rings is 1. The molecular formula is C18H23ClN2O3S3. The van der Waals surface area contributed by atoms with Crippen LogP contribution in [0.5, 0.6) is 0 Å². The van der Waals surface area contributed by atoms with Crippen LogP contribution in [0, 0.1) is 0 Å². The number of carbonyl (C=O) groups excluding carboxylic acids is 1. The first-order valence-corrected chi connectivity index (χ1v) is 12.2. The molecule has 0 fully saturated rings. The van der Waals surface area contributed by atoms with Gasteiger partial charge in [0.1, 0.15) is 0 Å². The van der Waals surface area contributed by atoms with Gasteiger partial charge in [0.15, 0.2) is 0 Å². The van der Waals surface area contributed by atoms with E-state index >= 15 is 0 Å². The number of nitrogens with one attached hydrogen (secondary N) is 1. The van der Waals surface area contributed by atoms with E-state index in [2.05, 4.69) is 11.4 Å². The second-order valence-electron chi connectivity index (χ2n) is 6.14. The number of hydrogen-bond acceptors (Lipinski definition) is 5. The van der Waals surface area contributed by atoms with Gasteiger partial charge < -0.3 is 5.32 Å². The second-order valence-corrected chi connectivity index (χ2v) is 10.7. The predicted octanol–water partition coefficient (Wildman–Crippen LogP) is 4.09. The van der Waals surface area contributed by atoms with Crippen molar-refractivity contribution in [3.05, 3.63) is 51.2 Å². The third-order valence-electron chi connectivity index (χ3n) is 3.94. The summed E-state index contributed by atoms with van der Waals surface area (Å²) in [4.78, 5) is 13.8. The molecule has 2 aromatic rings. The minimum Gasteiger partial charge on any atom is -0.351 e. The minimum atomic E-state index is -3.67. The Balaban J connectivity index is 1.99. The Morgan fingerprint density at radius 1 is 1.33 bits per heavy atom. The van der Waals surface area contributed by atoms with Gasteiger partial charge in [-0.1, -0.05) is 17.7 Å². The molecule has 2 rings (SSSR count). The van der Waals surface area contributed by atoms with Gasteiger partial charge in [-0.05, 0) is 43.5 Å². The largest absolute Gasteiger partial charge is 0.351 e. The molecule has 0 saturated heterocycles. The van der Waals surface area contributed by atoms with Gasteiger partial charge in [-0.15, -0.1) is 11.3 Å². The van der Waals surface area contributed by atoms with Crippen LogP contribution in [-0.2, 0) is 15.8 Å². The van der Waals surface area contributed by atoms with E-state index in [1.54, 1.807) is 36.9 Å². The molecule has 0 radical (unpaired) electrons. The van der Waals surface area contributed by atoms with Crippen molar-refractivity contribution >= 4 is 50.6 Å². The number of amides is 1. The highest BCUT2D eigenvalue weighted by molar-refractivity contribution is 7.98. The highest BCUT2D eigenvalue weighted by Gasteiger charge is 2.25. The molecule has 0 aliphatic rings. The Labute approximate surface area is 174 Å². The topological polar surface area (TPSA) is 66.5 Å². The zero-order chi connectivity index (χ0) is 20.0. The van der Waals surface area contributed by atoms with Crippen LogP contribution in [0.15, 0.2) is 40.6 Å². The summed E-state index contributed by atoms with van der Waals surface area (Å²) in [7, 11) is -2.16. The molecule has 27 heavy (non-hydrogen) atoms. The lowest BCUT2D eigenvalue weighted by Gasteiger charge is -2.21. The van der Waals surface area contributed by atoms with Crippen LogP contribution in [0.3, 0.4) is 0 Å². The van der Waals surface area contributed by atoms with Crippen LogP contribution >= 0.6 is 34.7 Å². The fourth-order valence-electron chi connectivity index (χ4n) is 2.18. The molecule has 1 aromatic carbocycles. The average molecular weight is 447 g/mol. The molecule has 0 unspecified atom stereocenters. The number of carbonyl (C=O) groups is 1. The molecule has 0 atom stereocenters. The summed E-state index contributed by atoms with van der Waals surface area (Å²) in [6, 6.07) is 8.11. The van der Waals surface area contributed by atoms with Crippen molar-refractivity contribution in [1.82, 2.24) is 9.62 Å². The molecule has 1 amide bonds. The maximum absolute atomic E-state index is 12.6. The van der Waals surface area contributed by atoms with E-state index < -0.39 is 10.0 Å². The van der Waals surface area contributed by atoms with E-state index in [-0.39, 0.29) is 27.4 Å². The molecule has 0 saturated carbocycles. The second kappa shape index (κ2) is 9.93. The van der Waals surface area contributed by atoms with Crippen molar-refractivity contribution in [3.63, 3.8) is 0 Å². The van der Waals surface area contributed by atoms with Gasteiger partial charge in [0.25, 0.3) is 5.91 Å². The Hall–Kier alpha value is -1.06. The molecule has 0 bridgehead atoms. The fourth-order valence-corrected chi connectivity index (χ4v) is 5.48. The molecule has 148 valence electrons. The maximum atomic E-state index is 12.6. The van der Waals surface area contributed by atoms with Crippen LogP contribution in [0.2, 0.25) is 5.02 Å². The van der Waals surface area contributed by atoms with Gasteiger partial charge >= 0.3 is 0 Å². The number of rotatable bonds is 9. The monoisotopic (exact) mass is 446 g/mol. The van der Waals surface area contributed by atoms with Crippen LogP contribution in [0.4, 0.5) is 0 Å². The van der Waals surface area contributed by atoms with Crippen molar-refractivity contribution in [2.45, 2.75) is 30.5 Å². The van der Waals surface area contributed by atoms with E-state index in [1.807, 2.05) is 11.4 Å².